The molecule has 8 rings (SSSR count). The largest absolute Gasteiger partial charge is 0.456 e. The van der Waals surface area contributed by atoms with Gasteiger partial charge in [-0.1, -0.05) is 48.5 Å². The molecule has 0 spiro atoms. The van der Waals surface area contributed by atoms with Gasteiger partial charge in [-0.25, -0.2) is 0 Å². The van der Waals surface area contributed by atoms with Crippen LogP contribution in [0.25, 0.3) is 75.5 Å². The number of rotatable bonds is 3. The summed E-state index contributed by atoms with van der Waals surface area (Å²) >= 11 is 1.80. The second-order valence-electron chi connectivity index (χ2n) is 10.4. The van der Waals surface area contributed by atoms with E-state index in [9.17, 15) is 10.5 Å². The standard InChI is InChI=1S/C38H20N2OS/c39-21-23-9-10-26(22-40)32(15-23)29-17-27(24-11-13-36-33(19-24)30-5-1-3-7-35(30)41-36)16-28(18-29)25-12-14-38-34(20-25)31-6-2-4-8-37(31)42-38/h1-20H. The second-order valence-corrected chi connectivity index (χ2v) is 11.5. The Labute approximate surface area is 245 Å². The van der Waals surface area contributed by atoms with E-state index in [0.717, 1.165) is 55.3 Å². The first-order valence-corrected chi connectivity index (χ1v) is 14.4. The van der Waals surface area contributed by atoms with Crippen LogP contribution in [-0.2, 0) is 0 Å². The molecule has 0 saturated heterocycles. The third kappa shape index (κ3) is 3.86. The van der Waals surface area contributed by atoms with E-state index < -0.39 is 0 Å². The number of hydrogen-bond donors (Lipinski definition) is 0. The van der Waals surface area contributed by atoms with Gasteiger partial charge in [-0.2, -0.15) is 10.5 Å². The summed E-state index contributed by atoms with van der Waals surface area (Å²) in [6, 6.07) is 45.8. The Kier molecular flexibility index (Phi) is 5.44. The molecule has 0 amide bonds. The summed E-state index contributed by atoms with van der Waals surface area (Å²) < 4.78 is 8.61. The van der Waals surface area contributed by atoms with Crippen molar-refractivity contribution in [2.45, 2.75) is 0 Å². The van der Waals surface area contributed by atoms with Gasteiger partial charge < -0.3 is 4.42 Å². The number of thiophene rings is 1. The normalized spacial score (nSPS) is 11.3. The number of benzene rings is 6. The lowest BCUT2D eigenvalue weighted by Gasteiger charge is -2.13. The molecule has 0 N–H and O–H groups in total. The Morgan fingerprint density at radius 1 is 0.476 bits per heavy atom. The van der Waals surface area contributed by atoms with E-state index in [1.807, 2.05) is 30.3 Å². The van der Waals surface area contributed by atoms with E-state index in [-0.39, 0.29) is 0 Å². The molecule has 0 radical (unpaired) electrons. The van der Waals surface area contributed by atoms with Crippen LogP contribution in [0.4, 0.5) is 0 Å². The molecule has 6 aromatic carbocycles. The van der Waals surface area contributed by atoms with Gasteiger partial charge in [0, 0.05) is 36.5 Å². The van der Waals surface area contributed by atoms with Crippen LogP contribution < -0.4 is 0 Å². The highest BCUT2D eigenvalue weighted by atomic mass is 32.1. The van der Waals surface area contributed by atoms with Gasteiger partial charge in [0.1, 0.15) is 11.2 Å². The Balaban J connectivity index is 1.38. The monoisotopic (exact) mass is 552 g/mol. The van der Waals surface area contributed by atoms with Crippen LogP contribution >= 0.6 is 11.3 Å². The fourth-order valence-corrected chi connectivity index (χ4v) is 6.96. The van der Waals surface area contributed by atoms with E-state index in [4.69, 9.17) is 4.42 Å². The first kappa shape index (κ1) is 24.1. The molecule has 0 aliphatic rings. The van der Waals surface area contributed by atoms with Crippen LogP contribution in [-0.4, -0.2) is 0 Å². The maximum Gasteiger partial charge on any atom is 0.135 e. The molecule has 2 aromatic heterocycles. The Morgan fingerprint density at radius 3 is 1.95 bits per heavy atom. The average Bonchev–Trinajstić information content (AvgIpc) is 3.61. The van der Waals surface area contributed by atoms with Gasteiger partial charge in [0.15, 0.2) is 0 Å². The zero-order valence-corrected chi connectivity index (χ0v) is 23.1. The van der Waals surface area contributed by atoms with Crippen LogP contribution in [0.5, 0.6) is 0 Å². The van der Waals surface area contributed by atoms with Crippen molar-refractivity contribution >= 4 is 53.4 Å². The Bertz CT molecular complexity index is 2320. The smallest absolute Gasteiger partial charge is 0.135 e. The lowest BCUT2D eigenvalue weighted by atomic mass is 9.90. The summed E-state index contributed by atoms with van der Waals surface area (Å²) in [6.45, 7) is 0. The summed E-state index contributed by atoms with van der Waals surface area (Å²) in [5, 5.41) is 24.2. The molecule has 0 atom stereocenters. The summed E-state index contributed by atoms with van der Waals surface area (Å²) in [6.07, 6.45) is 0. The van der Waals surface area contributed by atoms with Crippen molar-refractivity contribution in [3.05, 3.63) is 132 Å². The Morgan fingerprint density at radius 2 is 1.14 bits per heavy atom. The quantitative estimate of drug-likeness (QED) is 0.219. The topological polar surface area (TPSA) is 60.7 Å². The van der Waals surface area contributed by atoms with Crippen molar-refractivity contribution in [3.63, 3.8) is 0 Å². The third-order valence-electron chi connectivity index (χ3n) is 7.93. The Hall–Kier alpha value is -5.68. The minimum Gasteiger partial charge on any atom is -0.456 e. The van der Waals surface area contributed by atoms with E-state index in [0.29, 0.717) is 11.1 Å². The van der Waals surface area contributed by atoms with Gasteiger partial charge in [0.05, 0.1) is 23.3 Å². The van der Waals surface area contributed by atoms with Crippen molar-refractivity contribution in [1.82, 2.24) is 0 Å². The van der Waals surface area contributed by atoms with Crippen LogP contribution in [0.15, 0.2) is 126 Å². The lowest BCUT2D eigenvalue weighted by Crippen LogP contribution is -1.90. The van der Waals surface area contributed by atoms with Crippen molar-refractivity contribution in [2.75, 3.05) is 0 Å². The fraction of sp³-hybridized carbons (Fsp3) is 0. The maximum absolute atomic E-state index is 9.96. The highest BCUT2D eigenvalue weighted by molar-refractivity contribution is 7.25. The van der Waals surface area contributed by atoms with E-state index in [1.54, 1.807) is 23.5 Å². The highest BCUT2D eigenvalue weighted by Crippen LogP contribution is 2.40. The third-order valence-corrected chi connectivity index (χ3v) is 9.09. The summed E-state index contributed by atoms with van der Waals surface area (Å²) in [7, 11) is 0. The van der Waals surface area contributed by atoms with Crippen molar-refractivity contribution in [1.29, 1.82) is 10.5 Å². The minimum absolute atomic E-state index is 0.522. The zero-order valence-electron chi connectivity index (χ0n) is 22.3. The zero-order chi connectivity index (χ0) is 28.2. The molecule has 194 valence electrons. The summed E-state index contributed by atoms with van der Waals surface area (Å²) in [5.74, 6) is 0. The van der Waals surface area contributed by atoms with Gasteiger partial charge in [0.2, 0.25) is 0 Å². The van der Waals surface area contributed by atoms with Crippen molar-refractivity contribution in [3.8, 4) is 45.5 Å². The van der Waals surface area contributed by atoms with Crippen LogP contribution in [0.3, 0.4) is 0 Å². The van der Waals surface area contributed by atoms with Crippen molar-refractivity contribution < 1.29 is 4.42 Å². The van der Waals surface area contributed by atoms with Gasteiger partial charge in [-0.05, 0) is 101 Å². The number of fused-ring (bicyclic) bond motifs is 6. The molecule has 0 aliphatic heterocycles. The molecular formula is C38H20N2OS. The maximum atomic E-state index is 9.96. The highest BCUT2D eigenvalue weighted by Gasteiger charge is 2.14. The van der Waals surface area contributed by atoms with E-state index in [2.05, 4.69) is 91.0 Å². The molecule has 0 aliphatic carbocycles. The second kappa shape index (κ2) is 9.46. The first-order chi connectivity index (χ1) is 20.7. The summed E-state index contributed by atoms with van der Waals surface area (Å²) in [5.41, 5.74) is 8.62. The van der Waals surface area contributed by atoms with Gasteiger partial charge in [-0.3, -0.25) is 0 Å². The van der Waals surface area contributed by atoms with Gasteiger partial charge in [-0.15, -0.1) is 11.3 Å². The predicted molar refractivity (Wildman–Crippen MR) is 172 cm³/mol. The SMILES string of the molecule is N#Cc1ccc(C#N)c(-c2cc(-c3ccc4oc5ccccc5c4c3)cc(-c3ccc4sc5ccccc5c4c3)c2)c1. The number of nitriles is 2. The average molecular weight is 553 g/mol. The molecule has 3 nitrogen and oxygen atoms in total. The molecule has 42 heavy (non-hydrogen) atoms. The predicted octanol–water partition coefficient (Wildman–Crippen LogP) is 10.7. The number of nitrogens with zero attached hydrogens (tertiary/aromatic N) is 2. The van der Waals surface area contributed by atoms with Crippen LogP contribution in [0, 0.1) is 22.7 Å². The molecule has 0 unspecified atom stereocenters. The van der Waals surface area contributed by atoms with Crippen LogP contribution in [0.1, 0.15) is 11.1 Å². The van der Waals surface area contributed by atoms with E-state index >= 15 is 0 Å². The molecule has 0 bridgehead atoms. The molecule has 8 aromatic rings. The lowest BCUT2D eigenvalue weighted by molar-refractivity contribution is 0.669. The van der Waals surface area contributed by atoms with Crippen LogP contribution in [0.2, 0.25) is 0 Å². The summed E-state index contributed by atoms with van der Waals surface area (Å²) in [4.78, 5) is 0. The van der Waals surface area contributed by atoms with E-state index in [1.165, 1.54) is 20.2 Å². The molecule has 2 heterocycles. The van der Waals surface area contributed by atoms with Gasteiger partial charge >= 0.3 is 0 Å². The first-order valence-electron chi connectivity index (χ1n) is 13.6. The van der Waals surface area contributed by atoms with Crippen molar-refractivity contribution in [2.24, 2.45) is 0 Å². The molecule has 0 fully saturated rings. The van der Waals surface area contributed by atoms with Gasteiger partial charge in [0.25, 0.3) is 0 Å². The molecular weight excluding hydrogens is 532 g/mol. The molecule has 4 heteroatoms. The minimum atomic E-state index is 0.522. The number of para-hydroxylation sites is 1. The fourth-order valence-electron chi connectivity index (χ4n) is 5.88. The molecule has 0 saturated carbocycles. The number of furan rings is 1. The number of hydrogen-bond acceptors (Lipinski definition) is 4.